The Kier molecular flexibility index (Phi) is 2.06. The summed E-state index contributed by atoms with van der Waals surface area (Å²) in [5, 5.41) is 11.3. The lowest BCUT2D eigenvalue weighted by Crippen LogP contribution is -1.81. The van der Waals surface area contributed by atoms with Crippen LogP contribution >= 0.6 is 27.3 Å². The van der Waals surface area contributed by atoms with E-state index in [1.165, 1.54) is 17.4 Å². The van der Waals surface area contributed by atoms with Crippen LogP contribution in [0, 0.1) is 17.1 Å². The number of nitriles is 1. The molecule has 0 aliphatic heterocycles. The van der Waals surface area contributed by atoms with Crippen molar-refractivity contribution in [2.45, 2.75) is 0 Å². The van der Waals surface area contributed by atoms with Gasteiger partial charge in [-0.15, -0.1) is 11.3 Å². The number of thiophene rings is 1. The molecule has 0 spiro atoms. The van der Waals surface area contributed by atoms with E-state index in [1.54, 1.807) is 6.07 Å². The highest BCUT2D eigenvalue weighted by atomic mass is 79.9. The summed E-state index contributed by atoms with van der Waals surface area (Å²) in [6.07, 6.45) is 0. The number of hydrogen-bond donors (Lipinski definition) is 0. The van der Waals surface area contributed by atoms with E-state index in [9.17, 15) is 4.39 Å². The SMILES string of the molecule is N#Cc1cc2scc(Br)c2cc1F. The zero-order valence-corrected chi connectivity index (χ0v) is 8.75. The Morgan fingerprint density at radius 1 is 1.46 bits per heavy atom. The average molecular weight is 256 g/mol. The van der Waals surface area contributed by atoms with E-state index in [2.05, 4.69) is 15.9 Å². The zero-order chi connectivity index (χ0) is 9.42. The third-order valence-electron chi connectivity index (χ3n) is 1.74. The van der Waals surface area contributed by atoms with Crippen LogP contribution in [0.5, 0.6) is 0 Å². The molecule has 0 unspecified atom stereocenters. The third-order valence-corrected chi connectivity index (χ3v) is 3.64. The minimum atomic E-state index is -0.464. The molecule has 1 aromatic carbocycles. The molecule has 0 aliphatic carbocycles. The molecule has 1 nitrogen and oxygen atoms in total. The summed E-state index contributed by atoms with van der Waals surface area (Å²) in [4.78, 5) is 0. The number of fused-ring (bicyclic) bond motifs is 1. The Morgan fingerprint density at radius 2 is 2.23 bits per heavy atom. The predicted octanol–water partition coefficient (Wildman–Crippen LogP) is 3.67. The fourth-order valence-corrected chi connectivity index (χ4v) is 2.68. The van der Waals surface area contributed by atoms with Gasteiger partial charge in [-0.3, -0.25) is 0 Å². The summed E-state index contributed by atoms with van der Waals surface area (Å²) < 4.78 is 14.9. The molecule has 0 amide bonds. The van der Waals surface area contributed by atoms with Gasteiger partial charge in [0.1, 0.15) is 11.9 Å². The van der Waals surface area contributed by atoms with Crippen LogP contribution in [0.3, 0.4) is 0 Å². The molecule has 2 aromatic rings. The molecule has 1 aromatic heterocycles. The van der Waals surface area contributed by atoms with Gasteiger partial charge in [0, 0.05) is 19.9 Å². The van der Waals surface area contributed by atoms with Gasteiger partial charge in [-0.1, -0.05) is 0 Å². The highest BCUT2D eigenvalue weighted by molar-refractivity contribution is 9.10. The summed E-state index contributed by atoms with van der Waals surface area (Å²) in [7, 11) is 0. The molecular weight excluding hydrogens is 253 g/mol. The first kappa shape index (κ1) is 8.67. The number of halogens is 2. The van der Waals surface area contributed by atoms with Crippen LogP contribution in [0.4, 0.5) is 4.39 Å². The normalized spacial score (nSPS) is 10.2. The van der Waals surface area contributed by atoms with Crippen molar-refractivity contribution >= 4 is 37.4 Å². The van der Waals surface area contributed by atoms with Gasteiger partial charge >= 0.3 is 0 Å². The Morgan fingerprint density at radius 3 is 2.92 bits per heavy atom. The van der Waals surface area contributed by atoms with Crippen LogP contribution in [0.1, 0.15) is 5.56 Å². The van der Waals surface area contributed by atoms with E-state index in [1.807, 2.05) is 11.4 Å². The minimum Gasteiger partial charge on any atom is -0.206 e. The van der Waals surface area contributed by atoms with Gasteiger partial charge in [0.2, 0.25) is 0 Å². The minimum absolute atomic E-state index is 0.0989. The van der Waals surface area contributed by atoms with Crippen LogP contribution in [0.2, 0.25) is 0 Å². The summed E-state index contributed by atoms with van der Waals surface area (Å²) >= 11 is 4.80. The highest BCUT2D eigenvalue weighted by Crippen LogP contribution is 2.31. The average Bonchev–Trinajstić information content (AvgIpc) is 2.47. The summed E-state index contributed by atoms with van der Waals surface area (Å²) in [5.74, 6) is -0.464. The summed E-state index contributed by atoms with van der Waals surface area (Å²) in [6.45, 7) is 0. The third kappa shape index (κ3) is 1.34. The van der Waals surface area contributed by atoms with Crippen LogP contribution in [0.25, 0.3) is 10.1 Å². The Labute approximate surface area is 86.5 Å². The molecule has 4 heteroatoms. The van der Waals surface area contributed by atoms with Crippen molar-refractivity contribution in [3.63, 3.8) is 0 Å². The molecule has 0 radical (unpaired) electrons. The monoisotopic (exact) mass is 255 g/mol. The van der Waals surface area contributed by atoms with E-state index in [4.69, 9.17) is 5.26 Å². The number of nitrogens with zero attached hydrogens (tertiary/aromatic N) is 1. The molecule has 2 rings (SSSR count). The van der Waals surface area contributed by atoms with Gasteiger partial charge in [-0.2, -0.15) is 5.26 Å². The molecule has 13 heavy (non-hydrogen) atoms. The van der Waals surface area contributed by atoms with Crippen molar-refractivity contribution in [1.29, 1.82) is 5.26 Å². The fraction of sp³-hybridized carbons (Fsp3) is 0. The van der Waals surface area contributed by atoms with Crippen LogP contribution in [-0.2, 0) is 0 Å². The molecule has 0 saturated heterocycles. The van der Waals surface area contributed by atoms with E-state index < -0.39 is 5.82 Å². The summed E-state index contributed by atoms with van der Waals surface area (Å²) in [6, 6.07) is 4.77. The van der Waals surface area contributed by atoms with Crippen molar-refractivity contribution in [2.24, 2.45) is 0 Å². The topological polar surface area (TPSA) is 23.8 Å². The van der Waals surface area contributed by atoms with Crippen molar-refractivity contribution in [2.75, 3.05) is 0 Å². The Hall–Kier alpha value is -0.920. The van der Waals surface area contributed by atoms with Gasteiger partial charge in [-0.05, 0) is 28.1 Å². The smallest absolute Gasteiger partial charge is 0.141 e. The predicted molar refractivity (Wildman–Crippen MR) is 54.2 cm³/mol. The first-order chi connectivity index (χ1) is 6.22. The number of rotatable bonds is 0. The molecule has 0 bridgehead atoms. The molecule has 0 atom stereocenters. The molecule has 0 aliphatic rings. The second-order valence-electron chi connectivity index (χ2n) is 2.52. The van der Waals surface area contributed by atoms with Crippen LogP contribution in [-0.4, -0.2) is 0 Å². The van der Waals surface area contributed by atoms with E-state index in [0.29, 0.717) is 0 Å². The van der Waals surface area contributed by atoms with Crippen LogP contribution < -0.4 is 0 Å². The molecular formula is C9H3BrFNS. The lowest BCUT2D eigenvalue weighted by atomic mass is 10.2. The lowest BCUT2D eigenvalue weighted by molar-refractivity contribution is 0.626. The van der Waals surface area contributed by atoms with Gasteiger partial charge in [0.05, 0.1) is 5.56 Å². The number of benzene rings is 1. The Balaban J connectivity index is 2.85. The van der Waals surface area contributed by atoms with Gasteiger partial charge in [0.25, 0.3) is 0 Å². The van der Waals surface area contributed by atoms with Gasteiger partial charge in [-0.25, -0.2) is 4.39 Å². The van der Waals surface area contributed by atoms with E-state index in [0.717, 1.165) is 14.6 Å². The maximum atomic E-state index is 13.1. The second kappa shape index (κ2) is 3.09. The molecule has 0 fully saturated rings. The molecule has 0 N–H and O–H groups in total. The highest BCUT2D eigenvalue weighted by Gasteiger charge is 2.07. The van der Waals surface area contributed by atoms with Gasteiger partial charge in [0.15, 0.2) is 0 Å². The maximum Gasteiger partial charge on any atom is 0.141 e. The van der Waals surface area contributed by atoms with Crippen molar-refractivity contribution in [3.8, 4) is 6.07 Å². The van der Waals surface area contributed by atoms with Crippen molar-refractivity contribution < 1.29 is 4.39 Å². The summed E-state index contributed by atoms with van der Waals surface area (Å²) in [5.41, 5.74) is 0.0989. The Bertz CT molecular complexity index is 512. The number of hydrogen-bond acceptors (Lipinski definition) is 2. The van der Waals surface area contributed by atoms with Gasteiger partial charge < -0.3 is 0 Å². The largest absolute Gasteiger partial charge is 0.206 e. The maximum absolute atomic E-state index is 13.1. The van der Waals surface area contributed by atoms with Crippen molar-refractivity contribution in [3.05, 3.63) is 33.4 Å². The first-order valence-corrected chi connectivity index (χ1v) is 5.16. The lowest BCUT2D eigenvalue weighted by Gasteiger charge is -1.93. The fourth-order valence-electron chi connectivity index (χ4n) is 1.10. The molecule has 64 valence electrons. The second-order valence-corrected chi connectivity index (χ2v) is 4.29. The zero-order valence-electron chi connectivity index (χ0n) is 6.34. The molecule has 0 saturated carbocycles. The standard InChI is InChI=1S/C9H3BrFNS/c10-7-4-13-9-1-5(3-12)8(11)2-6(7)9/h1-2,4H. The quantitative estimate of drug-likeness (QED) is 0.705. The van der Waals surface area contributed by atoms with E-state index in [-0.39, 0.29) is 5.56 Å². The molecule has 1 heterocycles. The van der Waals surface area contributed by atoms with E-state index >= 15 is 0 Å². The van der Waals surface area contributed by atoms with Crippen molar-refractivity contribution in [1.82, 2.24) is 0 Å². The first-order valence-electron chi connectivity index (χ1n) is 3.48. The van der Waals surface area contributed by atoms with Crippen LogP contribution in [0.15, 0.2) is 22.0 Å².